The number of aromatic nitrogens is 2. The fourth-order valence-corrected chi connectivity index (χ4v) is 3.46. The van der Waals surface area contributed by atoms with E-state index in [0.717, 1.165) is 12.4 Å². The van der Waals surface area contributed by atoms with Gasteiger partial charge in [0.1, 0.15) is 4.90 Å². The molecule has 0 radical (unpaired) electrons. The molecule has 1 aromatic carbocycles. The Morgan fingerprint density at radius 1 is 1.25 bits per heavy atom. The van der Waals surface area contributed by atoms with Crippen molar-refractivity contribution in [2.45, 2.75) is 4.90 Å². The maximum Gasteiger partial charge on any atom is 0.265 e. The first-order valence-electron chi connectivity index (χ1n) is 5.19. The third-order valence-corrected chi connectivity index (χ3v) is 4.69. The summed E-state index contributed by atoms with van der Waals surface area (Å²) >= 11 is 7.81. The van der Waals surface area contributed by atoms with Crippen LogP contribution in [0.4, 0.5) is 11.6 Å². The Morgan fingerprint density at radius 3 is 2.45 bits per heavy atom. The molecule has 4 N–H and O–H groups in total. The van der Waals surface area contributed by atoms with Crippen molar-refractivity contribution in [3.63, 3.8) is 0 Å². The third kappa shape index (κ3) is 3.48. The monoisotopic (exact) mass is 425 g/mol. The molecular weight excluding hydrogens is 417 g/mol. The lowest BCUT2D eigenvalue weighted by Gasteiger charge is -2.09. The predicted molar refractivity (Wildman–Crippen MR) is 84.8 cm³/mol. The second kappa shape index (κ2) is 6.08. The van der Waals surface area contributed by atoms with Gasteiger partial charge in [-0.1, -0.05) is 11.6 Å². The van der Waals surface area contributed by atoms with E-state index in [4.69, 9.17) is 17.4 Å². The fraction of sp³-hybridized carbons (Fsp3) is 0. The smallest absolute Gasteiger partial charge is 0.265 e. The summed E-state index contributed by atoms with van der Waals surface area (Å²) in [6.45, 7) is 0. The van der Waals surface area contributed by atoms with Gasteiger partial charge in [0, 0.05) is 8.59 Å². The van der Waals surface area contributed by atoms with Crippen LogP contribution in [0.5, 0.6) is 0 Å². The van der Waals surface area contributed by atoms with Crippen LogP contribution in [-0.4, -0.2) is 18.4 Å². The molecule has 2 rings (SSSR count). The van der Waals surface area contributed by atoms with Gasteiger partial charge in [0.05, 0.1) is 18.1 Å². The van der Waals surface area contributed by atoms with Crippen molar-refractivity contribution in [1.82, 2.24) is 9.97 Å². The lowest BCUT2D eigenvalue weighted by atomic mass is 10.3. The highest BCUT2D eigenvalue weighted by molar-refractivity contribution is 14.1. The number of hydrazine groups is 1. The standard InChI is InChI=1S/C10H9ClIN5O2S/c11-6-1-2-9(8(12)3-6)17-20(18,19)7-4-14-10(16-13)15-5-7/h1-5,17H,13H2,(H,14,15,16). The van der Waals surface area contributed by atoms with Crippen LogP contribution in [0.1, 0.15) is 0 Å². The zero-order valence-corrected chi connectivity index (χ0v) is 13.6. The van der Waals surface area contributed by atoms with Crippen LogP contribution in [0.15, 0.2) is 35.5 Å². The van der Waals surface area contributed by atoms with Gasteiger partial charge in [-0.05, 0) is 40.8 Å². The summed E-state index contributed by atoms with van der Waals surface area (Å²) in [5.41, 5.74) is 2.64. The molecule has 0 aliphatic carbocycles. The maximum absolute atomic E-state index is 12.2. The molecule has 0 saturated heterocycles. The number of hydrogen-bond donors (Lipinski definition) is 3. The van der Waals surface area contributed by atoms with E-state index in [0.29, 0.717) is 14.3 Å². The number of nitrogens with one attached hydrogen (secondary N) is 2. The topological polar surface area (TPSA) is 110 Å². The number of anilines is 2. The van der Waals surface area contributed by atoms with E-state index < -0.39 is 10.0 Å². The average Bonchev–Trinajstić information content (AvgIpc) is 2.42. The molecule has 1 aromatic heterocycles. The van der Waals surface area contributed by atoms with E-state index in [1.165, 1.54) is 0 Å². The Balaban J connectivity index is 2.30. The summed E-state index contributed by atoms with van der Waals surface area (Å²) in [4.78, 5) is 7.44. The van der Waals surface area contributed by atoms with E-state index in [2.05, 4.69) is 20.1 Å². The van der Waals surface area contributed by atoms with Gasteiger partial charge in [-0.2, -0.15) is 0 Å². The highest BCUT2D eigenvalue weighted by atomic mass is 127. The van der Waals surface area contributed by atoms with Crippen molar-refractivity contribution in [2.75, 3.05) is 10.1 Å². The van der Waals surface area contributed by atoms with Crippen LogP contribution in [-0.2, 0) is 10.0 Å². The Labute approximate surface area is 134 Å². The fourth-order valence-electron chi connectivity index (χ4n) is 1.31. The first-order valence-corrected chi connectivity index (χ1v) is 8.13. The number of halogens is 2. The van der Waals surface area contributed by atoms with E-state index in [-0.39, 0.29) is 10.8 Å². The Morgan fingerprint density at radius 2 is 1.90 bits per heavy atom. The summed E-state index contributed by atoms with van der Waals surface area (Å²) in [6.07, 6.45) is 2.32. The van der Waals surface area contributed by atoms with Gasteiger partial charge in [-0.25, -0.2) is 24.2 Å². The van der Waals surface area contributed by atoms with Crippen LogP contribution in [0.3, 0.4) is 0 Å². The molecule has 0 saturated carbocycles. The Kier molecular flexibility index (Phi) is 4.62. The molecule has 10 heteroatoms. The highest BCUT2D eigenvalue weighted by Crippen LogP contribution is 2.24. The first-order chi connectivity index (χ1) is 9.42. The van der Waals surface area contributed by atoms with Crippen LogP contribution >= 0.6 is 34.2 Å². The summed E-state index contributed by atoms with van der Waals surface area (Å²) in [5.74, 6) is 5.24. The largest absolute Gasteiger partial charge is 0.292 e. The molecule has 106 valence electrons. The Bertz CT molecular complexity index is 723. The number of nitrogen functional groups attached to an aromatic ring is 1. The van der Waals surface area contributed by atoms with Gasteiger partial charge < -0.3 is 0 Å². The van der Waals surface area contributed by atoms with Crippen molar-refractivity contribution in [1.29, 1.82) is 0 Å². The third-order valence-electron chi connectivity index (χ3n) is 2.24. The zero-order valence-electron chi connectivity index (χ0n) is 9.84. The van der Waals surface area contributed by atoms with Gasteiger partial charge in [0.2, 0.25) is 5.95 Å². The minimum atomic E-state index is -3.77. The van der Waals surface area contributed by atoms with Crippen molar-refractivity contribution >= 4 is 55.9 Å². The molecular formula is C10H9ClIN5O2S. The first kappa shape index (κ1) is 15.2. The summed E-state index contributed by atoms with van der Waals surface area (Å²) in [6, 6.07) is 4.83. The zero-order chi connectivity index (χ0) is 14.8. The maximum atomic E-state index is 12.2. The summed E-state index contributed by atoms with van der Waals surface area (Å²) < 4.78 is 27.4. The lowest BCUT2D eigenvalue weighted by molar-refractivity contribution is 0.600. The molecule has 20 heavy (non-hydrogen) atoms. The van der Waals surface area contributed by atoms with Crippen molar-refractivity contribution in [2.24, 2.45) is 5.84 Å². The van der Waals surface area contributed by atoms with Crippen LogP contribution < -0.4 is 16.0 Å². The molecule has 7 nitrogen and oxygen atoms in total. The van der Waals surface area contributed by atoms with Gasteiger partial charge in [-0.3, -0.25) is 10.1 Å². The van der Waals surface area contributed by atoms with Crippen molar-refractivity contribution in [3.05, 3.63) is 39.2 Å². The van der Waals surface area contributed by atoms with Crippen molar-refractivity contribution in [3.8, 4) is 0 Å². The molecule has 0 atom stereocenters. The molecule has 0 bridgehead atoms. The second-order valence-corrected chi connectivity index (χ2v) is 6.90. The van der Waals surface area contributed by atoms with E-state index in [9.17, 15) is 8.42 Å². The molecule has 0 amide bonds. The normalized spacial score (nSPS) is 11.2. The van der Waals surface area contributed by atoms with E-state index in [1.807, 2.05) is 22.6 Å². The molecule has 0 aliphatic rings. The molecule has 1 heterocycles. The predicted octanol–water partition coefficient (Wildman–Crippen LogP) is 1.82. The van der Waals surface area contributed by atoms with E-state index >= 15 is 0 Å². The van der Waals surface area contributed by atoms with Crippen LogP contribution in [0, 0.1) is 3.57 Å². The number of rotatable bonds is 4. The van der Waals surface area contributed by atoms with Crippen LogP contribution in [0.25, 0.3) is 0 Å². The average molecular weight is 426 g/mol. The number of nitrogens with two attached hydrogens (primary N) is 1. The van der Waals surface area contributed by atoms with Gasteiger partial charge >= 0.3 is 0 Å². The number of sulfonamides is 1. The van der Waals surface area contributed by atoms with Crippen molar-refractivity contribution < 1.29 is 8.42 Å². The number of hydrogen-bond acceptors (Lipinski definition) is 6. The summed E-state index contributed by atoms with van der Waals surface area (Å²) in [5, 5.41) is 0.527. The quantitative estimate of drug-likeness (QED) is 0.392. The molecule has 2 aromatic rings. The summed E-state index contributed by atoms with van der Waals surface area (Å²) in [7, 11) is -3.77. The van der Waals surface area contributed by atoms with Crippen LogP contribution in [0.2, 0.25) is 5.02 Å². The van der Waals surface area contributed by atoms with E-state index in [1.54, 1.807) is 18.2 Å². The second-order valence-electron chi connectivity index (χ2n) is 3.62. The minimum absolute atomic E-state index is 0.0674. The van der Waals surface area contributed by atoms with Gasteiger partial charge in [0.25, 0.3) is 10.0 Å². The molecule has 0 fully saturated rings. The molecule has 0 spiro atoms. The Hall–Kier alpha value is -1.17. The number of benzene rings is 1. The SMILES string of the molecule is NNc1ncc(S(=O)(=O)Nc2ccc(Cl)cc2I)cn1. The van der Waals surface area contributed by atoms with Gasteiger partial charge in [-0.15, -0.1) is 0 Å². The lowest BCUT2D eigenvalue weighted by Crippen LogP contribution is -2.16. The van der Waals surface area contributed by atoms with Gasteiger partial charge in [0.15, 0.2) is 0 Å². The molecule has 0 unspecified atom stereocenters. The number of nitrogens with zero attached hydrogens (tertiary/aromatic N) is 2. The highest BCUT2D eigenvalue weighted by Gasteiger charge is 2.16. The minimum Gasteiger partial charge on any atom is -0.292 e. The molecule has 0 aliphatic heterocycles.